The van der Waals surface area contributed by atoms with Crippen LogP contribution in [0, 0.1) is 0 Å². The fourth-order valence-corrected chi connectivity index (χ4v) is 6.63. The lowest BCUT2D eigenvalue weighted by molar-refractivity contribution is 0.0977. The largest absolute Gasteiger partial charge is 0.289 e. The van der Waals surface area contributed by atoms with Gasteiger partial charge < -0.3 is 0 Å². The molecule has 5 rings (SSSR count). The number of carbonyl (C=O) groups is 2. The van der Waals surface area contributed by atoms with E-state index in [2.05, 4.69) is 20.5 Å². The second-order valence-corrected chi connectivity index (χ2v) is 12.9. The first-order valence-electron chi connectivity index (χ1n) is 13.1. The molecule has 1 aliphatic rings. The fourth-order valence-electron chi connectivity index (χ4n) is 4.78. The summed E-state index contributed by atoms with van der Waals surface area (Å²) in [5.74, 6) is -0.584. The van der Waals surface area contributed by atoms with Crippen LogP contribution in [0.3, 0.4) is 0 Å². The zero-order valence-electron chi connectivity index (χ0n) is 22.3. The van der Waals surface area contributed by atoms with Crippen LogP contribution in [0.4, 0.5) is 0 Å². The van der Waals surface area contributed by atoms with Crippen molar-refractivity contribution in [3.05, 3.63) is 130 Å². The minimum atomic E-state index is -3.78. The van der Waals surface area contributed by atoms with Crippen molar-refractivity contribution in [2.75, 3.05) is 13.1 Å². The third-order valence-electron chi connectivity index (χ3n) is 6.81. The van der Waals surface area contributed by atoms with E-state index in [-0.39, 0.29) is 58.4 Å². The summed E-state index contributed by atoms with van der Waals surface area (Å²) in [6.07, 6.45) is 0.520. The molecule has 0 spiro atoms. The molecule has 10 nitrogen and oxygen atoms in total. The number of hydrogen-bond acceptors (Lipinski definition) is 8. The lowest BCUT2D eigenvalue weighted by Crippen LogP contribution is -2.39. The van der Waals surface area contributed by atoms with Crippen molar-refractivity contribution in [3.8, 4) is 0 Å². The standard InChI is InChI=1S/C30H28N4O6S2/c35-29-25-13-7-8-14-26(25)30(36)28-22(18-20-32-34-42(39,40)24-11-5-2-6-12-24)16-15-21(27(28)29)17-19-31-33-41(37,38)23-9-3-1-4-10-23/h1-16,31-34H,17-20H2. The Morgan fingerprint density at radius 3 is 1.21 bits per heavy atom. The van der Waals surface area contributed by atoms with E-state index in [1.54, 1.807) is 72.8 Å². The van der Waals surface area contributed by atoms with Crippen LogP contribution in [-0.2, 0) is 32.9 Å². The Labute approximate surface area is 244 Å². The van der Waals surface area contributed by atoms with Crippen molar-refractivity contribution in [1.29, 1.82) is 0 Å². The quantitative estimate of drug-likeness (QED) is 0.125. The van der Waals surface area contributed by atoms with Crippen LogP contribution in [0.5, 0.6) is 0 Å². The average molecular weight is 605 g/mol. The first-order valence-corrected chi connectivity index (χ1v) is 16.1. The zero-order chi connectivity index (χ0) is 29.7. The van der Waals surface area contributed by atoms with Gasteiger partial charge in [0.05, 0.1) is 9.79 Å². The van der Waals surface area contributed by atoms with Crippen LogP contribution in [0.15, 0.2) is 107 Å². The summed E-state index contributed by atoms with van der Waals surface area (Å²) in [4.78, 5) is 32.2. The predicted molar refractivity (Wildman–Crippen MR) is 157 cm³/mol. The Kier molecular flexibility index (Phi) is 8.73. The smallest absolute Gasteiger partial charge is 0.253 e. The van der Waals surface area contributed by atoms with Gasteiger partial charge in [0.2, 0.25) is 0 Å². The van der Waals surface area contributed by atoms with Gasteiger partial charge in [-0.2, -0.15) is 0 Å². The number of ketones is 2. The fraction of sp³-hybridized carbons (Fsp3) is 0.133. The van der Waals surface area contributed by atoms with E-state index in [1.807, 2.05) is 0 Å². The molecule has 0 bridgehead atoms. The summed E-state index contributed by atoms with van der Waals surface area (Å²) in [6, 6.07) is 25.9. The van der Waals surface area contributed by atoms with E-state index in [4.69, 9.17) is 0 Å². The van der Waals surface area contributed by atoms with Gasteiger partial charge in [0.1, 0.15) is 0 Å². The van der Waals surface area contributed by atoms with Crippen LogP contribution in [0.25, 0.3) is 0 Å². The molecule has 0 aliphatic heterocycles. The molecule has 0 fully saturated rings. The van der Waals surface area contributed by atoms with Gasteiger partial charge in [-0.1, -0.05) is 72.8 Å². The molecule has 0 heterocycles. The van der Waals surface area contributed by atoms with Gasteiger partial charge in [-0.25, -0.2) is 27.7 Å². The maximum Gasteiger partial charge on any atom is 0.253 e. The van der Waals surface area contributed by atoms with Gasteiger partial charge in [0.25, 0.3) is 20.0 Å². The summed E-state index contributed by atoms with van der Waals surface area (Å²) in [5, 5.41) is 0. The maximum atomic E-state index is 13.6. The highest BCUT2D eigenvalue weighted by Crippen LogP contribution is 2.32. The number of rotatable bonds is 12. The maximum absolute atomic E-state index is 13.6. The van der Waals surface area contributed by atoms with Gasteiger partial charge >= 0.3 is 0 Å². The van der Waals surface area contributed by atoms with Crippen molar-refractivity contribution in [3.63, 3.8) is 0 Å². The average Bonchev–Trinajstić information content (AvgIpc) is 3.01. The summed E-state index contributed by atoms with van der Waals surface area (Å²) >= 11 is 0. The Hall–Kier alpha value is -4.04. The summed E-state index contributed by atoms with van der Waals surface area (Å²) in [6.45, 7) is 0.313. The Morgan fingerprint density at radius 2 is 0.833 bits per heavy atom. The number of sulfonamides is 2. The highest BCUT2D eigenvalue weighted by atomic mass is 32.2. The second-order valence-electron chi connectivity index (χ2n) is 9.53. The Bertz CT molecular complexity index is 1710. The number of nitrogens with one attached hydrogen (secondary N) is 4. The minimum Gasteiger partial charge on any atom is -0.289 e. The predicted octanol–water partition coefficient (Wildman–Crippen LogP) is 2.51. The minimum absolute atomic E-state index is 0.108. The van der Waals surface area contributed by atoms with Gasteiger partial charge in [-0.15, -0.1) is 9.66 Å². The lowest BCUT2D eigenvalue weighted by Gasteiger charge is -2.23. The number of hydrogen-bond donors (Lipinski definition) is 4. The van der Waals surface area contributed by atoms with Crippen LogP contribution < -0.4 is 20.5 Å². The molecule has 0 saturated heterocycles. The zero-order valence-corrected chi connectivity index (χ0v) is 24.0. The highest BCUT2D eigenvalue weighted by Gasteiger charge is 2.33. The SMILES string of the molecule is O=C1c2ccccc2C(=O)c2c(CCNNS(=O)(=O)c3ccccc3)ccc(CCNNS(=O)(=O)c3ccccc3)c21. The Morgan fingerprint density at radius 1 is 0.476 bits per heavy atom. The molecule has 0 unspecified atom stereocenters. The molecule has 4 N–H and O–H groups in total. The molecule has 4 aromatic rings. The molecule has 0 saturated carbocycles. The Balaban J connectivity index is 1.33. The first-order chi connectivity index (χ1) is 20.2. The van der Waals surface area contributed by atoms with E-state index in [0.29, 0.717) is 22.3 Å². The number of carbonyl (C=O) groups excluding carboxylic acids is 2. The number of fused-ring (bicyclic) bond motifs is 2. The molecule has 12 heteroatoms. The molecule has 0 amide bonds. The van der Waals surface area contributed by atoms with Gasteiger partial charge in [0.15, 0.2) is 11.6 Å². The molecule has 4 aromatic carbocycles. The van der Waals surface area contributed by atoms with E-state index in [1.165, 1.54) is 24.3 Å². The number of hydrazine groups is 2. The summed E-state index contributed by atoms with van der Waals surface area (Å²) < 4.78 is 50.0. The van der Waals surface area contributed by atoms with Crippen molar-refractivity contribution >= 4 is 31.6 Å². The van der Waals surface area contributed by atoms with Gasteiger partial charge in [-0.05, 0) is 48.2 Å². The van der Waals surface area contributed by atoms with Crippen molar-refractivity contribution < 1.29 is 26.4 Å². The first kappa shape index (κ1) is 29.5. The van der Waals surface area contributed by atoms with Crippen LogP contribution in [0.2, 0.25) is 0 Å². The summed E-state index contributed by atoms with van der Waals surface area (Å²) in [5.41, 5.74) is 7.73. The molecule has 0 aromatic heterocycles. The van der Waals surface area contributed by atoms with E-state index < -0.39 is 20.0 Å². The third kappa shape index (κ3) is 6.23. The van der Waals surface area contributed by atoms with Crippen LogP contribution in [0.1, 0.15) is 43.0 Å². The molecule has 1 aliphatic carbocycles. The molecule has 216 valence electrons. The second kappa shape index (κ2) is 12.4. The van der Waals surface area contributed by atoms with Crippen molar-refractivity contribution in [1.82, 2.24) is 20.5 Å². The normalized spacial score (nSPS) is 13.0. The topological polar surface area (TPSA) is 151 Å². The van der Waals surface area contributed by atoms with Crippen LogP contribution in [-0.4, -0.2) is 41.5 Å². The lowest BCUT2D eigenvalue weighted by atomic mass is 9.78. The molecule has 0 radical (unpaired) electrons. The van der Waals surface area contributed by atoms with E-state index >= 15 is 0 Å². The summed E-state index contributed by atoms with van der Waals surface area (Å²) in [7, 11) is -7.55. The highest BCUT2D eigenvalue weighted by molar-refractivity contribution is 7.89. The van der Waals surface area contributed by atoms with Crippen molar-refractivity contribution in [2.24, 2.45) is 0 Å². The monoisotopic (exact) mass is 604 g/mol. The molecule has 42 heavy (non-hydrogen) atoms. The third-order valence-corrected chi connectivity index (χ3v) is 9.42. The molecular formula is C30H28N4O6S2. The van der Waals surface area contributed by atoms with E-state index in [0.717, 1.165) is 0 Å². The molecular weight excluding hydrogens is 576 g/mol. The van der Waals surface area contributed by atoms with Gasteiger partial charge in [-0.3, -0.25) is 9.59 Å². The van der Waals surface area contributed by atoms with Crippen LogP contribution >= 0.6 is 0 Å². The molecule has 0 atom stereocenters. The van der Waals surface area contributed by atoms with E-state index in [9.17, 15) is 26.4 Å². The van der Waals surface area contributed by atoms with Gasteiger partial charge in [0, 0.05) is 35.3 Å². The van der Waals surface area contributed by atoms with Crippen molar-refractivity contribution in [2.45, 2.75) is 22.6 Å². The number of benzene rings is 4.